The lowest BCUT2D eigenvalue weighted by Crippen LogP contribution is -2.28. The van der Waals surface area contributed by atoms with Crippen LogP contribution in [-0.4, -0.2) is 27.8 Å². The van der Waals surface area contributed by atoms with Crippen LogP contribution >= 0.6 is 0 Å². The lowest BCUT2D eigenvalue weighted by molar-refractivity contribution is 0.0911. The van der Waals surface area contributed by atoms with Crippen molar-refractivity contribution in [3.63, 3.8) is 0 Å². The highest BCUT2D eigenvalue weighted by Gasteiger charge is 2.13. The fourth-order valence-corrected chi connectivity index (χ4v) is 1.74. The molecule has 1 atom stereocenters. The number of hydrogen-bond donors (Lipinski definition) is 3. The maximum atomic E-state index is 12.8. The molecule has 0 fully saturated rings. The maximum Gasteiger partial charge on any atom is 0.271 e. The largest absolute Gasteiger partial charge is 0.387 e. The van der Waals surface area contributed by atoms with E-state index in [1.807, 2.05) is 6.92 Å². The molecule has 0 aliphatic heterocycles. The molecule has 1 aromatic heterocycles. The third kappa shape index (κ3) is 3.42. The molecule has 5 nitrogen and oxygen atoms in total. The zero-order valence-electron chi connectivity index (χ0n) is 11.1. The fraction of sp³-hybridized carbons (Fsp3) is 0.286. The van der Waals surface area contributed by atoms with Crippen molar-refractivity contribution >= 4 is 5.91 Å². The van der Waals surface area contributed by atoms with Gasteiger partial charge in [0.15, 0.2) is 0 Å². The van der Waals surface area contributed by atoms with Gasteiger partial charge in [0.2, 0.25) is 0 Å². The first kappa shape index (κ1) is 14.2. The Morgan fingerprint density at radius 3 is 2.75 bits per heavy atom. The molecule has 0 radical (unpaired) electrons. The Morgan fingerprint density at radius 1 is 1.45 bits per heavy atom. The van der Waals surface area contributed by atoms with Crippen molar-refractivity contribution in [3.8, 4) is 0 Å². The smallest absolute Gasteiger partial charge is 0.271 e. The average Bonchev–Trinajstić information content (AvgIpc) is 2.94. The van der Waals surface area contributed by atoms with Gasteiger partial charge in [0.1, 0.15) is 11.5 Å². The van der Waals surface area contributed by atoms with Crippen LogP contribution in [0.1, 0.15) is 34.8 Å². The lowest BCUT2D eigenvalue weighted by atomic mass is 10.1. The van der Waals surface area contributed by atoms with Gasteiger partial charge in [-0.2, -0.15) is 5.10 Å². The second-order valence-corrected chi connectivity index (χ2v) is 4.41. The summed E-state index contributed by atoms with van der Waals surface area (Å²) in [7, 11) is 0. The van der Waals surface area contributed by atoms with Crippen LogP contribution < -0.4 is 5.32 Å². The summed E-state index contributed by atoms with van der Waals surface area (Å²) >= 11 is 0. The number of aryl methyl sites for hydroxylation is 1. The average molecular weight is 277 g/mol. The molecule has 0 aliphatic carbocycles. The van der Waals surface area contributed by atoms with E-state index in [0.717, 1.165) is 12.1 Å². The highest BCUT2D eigenvalue weighted by atomic mass is 19.1. The monoisotopic (exact) mass is 277 g/mol. The quantitative estimate of drug-likeness (QED) is 0.776. The molecule has 0 spiro atoms. The van der Waals surface area contributed by atoms with Crippen LogP contribution in [0.4, 0.5) is 4.39 Å². The molecule has 1 aromatic carbocycles. The summed E-state index contributed by atoms with van der Waals surface area (Å²) in [6.45, 7) is 1.99. The van der Waals surface area contributed by atoms with Gasteiger partial charge in [-0.05, 0) is 30.2 Å². The Labute approximate surface area is 115 Å². The molecule has 0 aliphatic rings. The number of amides is 1. The van der Waals surface area contributed by atoms with Crippen molar-refractivity contribution in [2.75, 3.05) is 6.54 Å². The van der Waals surface area contributed by atoms with Gasteiger partial charge in [0, 0.05) is 12.2 Å². The predicted octanol–water partition coefficient (Wildman–Crippen LogP) is 1.57. The number of carbonyl (C=O) groups is 1. The van der Waals surface area contributed by atoms with Crippen molar-refractivity contribution in [3.05, 3.63) is 53.1 Å². The van der Waals surface area contributed by atoms with Crippen molar-refractivity contribution in [1.82, 2.24) is 15.5 Å². The van der Waals surface area contributed by atoms with Gasteiger partial charge in [-0.3, -0.25) is 9.89 Å². The first-order chi connectivity index (χ1) is 9.60. The minimum Gasteiger partial charge on any atom is -0.387 e. The number of hydrogen-bond acceptors (Lipinski definition) is 3. The van der Waals surface area contributed by atoms with E-state index in [4.69, 9.17) is 0 Å². The molecule has 2 aromatic rings. The molecule has 0 saturated heterocycles. The lowest BCUT2D eigenvalue weighted by Gasteiger charge is -2.11. The van der Waals surface area contributed by atoms with Crippen LogP contribution in [0, 0.1) is 5.82 Å². The summed E-state index contributed by atoms with van der Waals surface area (Å²) in [5.74, 6) is -0.726. The van der Waals surface area contributed by atoms with Gasteiger partial charge in [0.25, 0.3) is 5.91 Å². The third-order valence-electron chi connectivity index (χ3n) is 2.96. The van der Waals surface area contributed by atoms with E-state index in [1.165, 1.54) is 24.3 Å². The number of nitrogens with zero attached hydrogens (tertiary/aromatic N) is 1. The Balaban J connectivity index is 1.91. The van der Waals surface area contributed by atoms with Crippen molar-refractivity contribution in [1.29, 1.82) is 0 Å². The van der Waals surface area contributed by atoms with Gasteiger partial charge in [0.05, 0.1) is 6.10 Å². The number of aliphatic hydroxyl groups excluding tert-OH is 1. The van der Waals surface area contributed by atoms with Crippen molar-refractivity contribution in [2.45, 2.75) is 19.4 Å². The number of aromatic amines is 1. The number of aliphatic hydroxyl groups is 1. The molecule has 106 valence electrons. The topological polar surface area (TPSA) is 78.0 Å². The van der Waals surface area contributed by atoms with E-state index in [9.17, 15) is 14.3 Å². The minimum absolute atomic E-state index is 0.0405. The summed E-state index contributed by atoms with van der Waals surface area (Å²) in [5, 5.41) is 19.1. The molecule has 20 heavy (non-hydrogen) atoms. The third-order valence-corrected chi connectivity index (χ3v) is 2.96. The summed E-state index contributed by atoms with van der Waals surface area (Å²) in [6.07, 6.45) is -0.123. The number of H-pyrrole nitrogens is 1. The first-order valence-electron chi connectivity index (χ1n) is 6.36. The normalized spacial score (nSPS) is 12.2. The number of nitrogens with one attached hydrogen (secondary N) is 2. The van der Waals surface area contributed by atoms with E-state index in [1.54, 1.807) is 6.07 Å². The second-order valence-electron chi connectivity index (χ2n) is 4.41. The van der Waals surface area contributed by atoms with E-state index in [2.05, 4.69) is 15.5 Å². The highest BCUT2D eigenvalue weighted by molar-refractivity contribution is 5.92. The molecule has 1 amide bonds. The fourth-order valence-electron chi connectivity index (χ4n) is 1.74. The van der Waals surface area contributed by atoms with Crippen LogP contribution in [0.3, 0.4) is 0 Å². The standard InChI is InChI=1S/C14H16FN3O2/c1-2-11-7-12(18-17-11)14(20)16-8-13(19)9-3-5-10(15)6-4-9/h3-7,13,19H,2,8H2,1H3,(H,16,20)(H,17,18). The molecular formula is C14H16FN3O2. The van der Waals surface area contributed by atoms with Gasteiger partial charge in [-0.15, -0.1) is 0 Å². The zero-order valence-corrected chi connectivity index (χ0v) is 11.1. The Morgan fingerprint density at radius 2 is 2.15 bits per heavy atom. The van der Waals surface area contributed by atoms with Gasteiger partial charge < -0.3 is 10.4 Å². The van der Waals surface area contributed by atoms with Crippen LogP contribution in [0.15, 0.2) is 30.3 Å². The molecule has 3 N–H and O–H groups in total. The molecule has 0 bridgehead atoms. The SMILES string of the molecule is CCc1cc(C(=O)NCC(O)c2ccc(F)cc2)n[nH]1. The number of carbonyl (C=O) groups excluding carboxylic acids is 1. The van der Waals surface area contributed by atoms with Gasteiger partial charge in [-0.25, -0.2) is 4.39 Å². The van der Waals surface area contributed by atoms with Crippen LogP contribution in [-0.2, 0) is 6.42 Å². The van der Waals surface area contributed by atoms with Crippen LogP contribution in [0.25, 0.3) is 0 Å². The van der Waals surface area contributed by atoms with Crippen molar-refractivity contribution in [2.24, 2.45) is 0 Å². The van der Waals surface area contributed by atoms with Crippen LogP contribution in [0.5, 0.6) is 0 Å². The molecule has 2 rings (SSSR count). The van der Waals surface area contributed by atoms with Gasteiger partial charge >= 0.3 is 0 Å². The molecular weight excluding hydrogens is 261 g/mol. The van der Waals surface area contributed by atoms with E-state index in [-0.39, 0.29) is 24.0 Å². The zero-order chi connectivity index (χ0) is 14.5. The second kappa shape index (κ2) is 6.29. The minimum atomic E-state index is -0.885. The summed E-state index contributed by atoms with van der Waals surface area (Å²) in [5.41, 5.74) is 1.70. The van der Waals surface area contributed by atoms with E-state index in [0.29, 0.717) is 5.56 Å². The maximum absolute atomic E-state index is 12.8. The Hall–Kier alpha value is -2.21. The highest BCUT2D eigenvalue weighted by Crippen LogP contribution is 2.12. The molecule has 1 heterocycles. The Kier molecular flexibility index (Phi) is 4.47. The summed E-state index contributed by atoms with van der Waals surface area (Å²) < 4.78 is 12.8. The molecule has 0 saturated carbocycles. The number of aromatic nitrogens is 2. The first-order valence-corrected chi connectivity index (χ1v) is 6.36. The number of benzene rings is 1. The molecule has 6 heteroatoms. The van der Waals surface area contributed by atoms with Gasteiger partial charge in [-0.1, -0.05) is 19.1 Å². The summed E-state index contributed by atoms with van der Waals surface area (Å²) in [6, 6.07) is 7.16. The number of rotatable bonds is 5. The van der Waals surface area contributed by atoms with E-state index < -0.39 is 6.10 Å². The van der Waals surface area contributed by atoms with E-state index >= 15 is 0 Å². The predicted molar refractivity (Wildman–Crippen MR) is 71.7 cm³/mol. The summed E-state index contributed by atoms with van der Waals surface area (Å²) in [4.78, 5) is 11.8. The van der Waals surface area contributed by atoms with Crippen molar-refractivity contribution < 1.29 is 14.3 Å². The Bertz CT molecular complexity index is 580. The van der Waals surface area contributed by atoms with Crippen LogP contribution in [0.2, 0.25) is 0 Å². The number of halogens is 1. The molecule has 1 unspecified atom stereocenters.